The van der Waals surface area contributed by atoms with E-state index in [2.05, 4.69) is 5.10 Å². The minimum Gasteiger partial charge on any atom is -0.397 e. The Balaban J connectivity index is 2.56. The number of nitrogens with two attached hydrogens (primary N) is 1. The fourth-order valence-corrected chi connectivity index (χ4v) is 1.92. The molecule has 2 rings (SSSR count). The molecule has 0 aliphatic rings. The molecule has 1 heterocycles. The Bertz CT molecular complexity index is 605. The molecule has 0 aliphatic carbocycles. The van der Waals surface area contributed by atoms with Crippen LogP contribution in [0.2, 0.25) is 5.02 Å². The molecule has 2 aromatic rings. The van der Waals surface area contributed by atoms with Gasteiger partial charge in [0.05, 0.1) is 22.5 Å². The van der Waals surface area contributed by atoms with E-state index in [9.17, 15) is 13.2 Å². The fourth-order valence-electron chi connectivity index (χ4n) is 1.70. The van der Waals surface area contributed by atoms with Crippen LogP contribution >= 0.6 is 11.6 Å². The minimum absolute atomic E-state index is 0.117. The number of anilines is 1. The van der Waals surface area contributed by atoms with E-state index in [4.69, 9.17) is 17.3 Å². The van der Waals surface area contributed by atoms with Crippen LogP contribution in [0.15, 0.2) is 24.5 Å². The van der Waals surface area contributed by atoms with Crippen molar-refractivity contribution in [3.63, 3.8) is 0 Å². The summed E-state index contributed by atoms with van der Waals surface area (Å²) in [5.74, 6) is 0. The summed E-state index contributed by atoms with van der Waals surface area (Å²) in [6, 6.07) is 2.39. The molecule has 0 amide bonds. The van der Waals surface area contributed by atoms with Gasteiger partial charge in [-0.15, -0.1) is 0 Å². The largest absolute Gasteiger partial charge is 0.418 e. The Kier molecular flexibility index (Phi) is 3.45. The number of rotatable bonds is 2. The molecule has 1 aromatic heterocycles. The van der Waals surface area contributed by atoms with Crippen LogP contribution in [-0.2, 0) is 12.7 Å². The lowest BCUT2D eigenvalue weighted by molar-refractivity contribution is -0.136. The van der Waals surface area contributed by atoms with E-state index in [-0.39, 0.29) is 5.02 Å². The van der Waals surface area contributed by atoms with Gasteiger partial charge in [0, 0.05) is 18.3 Å². The lowest BCUT2D eigenvalue weighted by Crippen LogP contribution is -2.09. The Morgan fingerprint density at radius 2 is 2.00 bits per heavy atom. The van der Waals surface area contributed by atoms with Crippen molar-refractivity contribution in [2.45, 2.75) is 19.6 Å². The lowest BCUT2D eigenvalue weighted by Gasteiger charge is -2.12. The maximum absolute atomic E-state index is 12.8. The molecule has 0 fully saturated rings. The second-order valence-corrected chi connectivity index (χ2v) is 4.41. The Labute approximate surface area is 112 Å². The summed E-state index contributed by atoms with van der Waals surface area (Å²) in [6.07, 6.45) is -1.39. The topological polar surface area (TPSA) is 43.8 Å². The molecule has 0 unspecified atom stereocenters. The second-order valence-electron chi connectivity index (χ2n) is 4.00. The first-order valence-corrected chi connectivity index (χ1v) is 5.89. The minimum atomic E-state index is -4.54. The quantitative estimate of drug-likeness (QED) is 0.854. The van der Waals surface area contributed by atoms with Gasteiger partial charge in [-0.05, 0) is 24.6 Å². The predicted octanol–water partition coefficient (Wildman–Crippen LogP) is 3.82. The maximum atomic E-state index is 12.8. The molecule has 0 atom stereocenters. The van der Waals surface area contributed by atoms with Crippen LogP contribution in [0.4, 0.5) is 18.9 Å². The van der Waals surface area contributed by atoms with Crippen LogP contribution in [-0.4, -0.2) is 9.78 Å². The third kappa shape index (κ3) is 2.68. The first kappa shape index (κ1) is 13.7. The van der Waals surface area contributed by atoms with Crippen molar-refractivity contribution in [3.8, 4) is 11.1 Å². The van der Waals surface area contributed by atoms with Gasteiger partial charge in [-0.25, -0.2) is 0 Å². The molecule has 19 heavy (non-hydrogen) atoms. The summed E-state index contributed by atoms with van der Waals surface area (Å²) in [7, 11) is 0. The van der Waals surface area contributed by atoms with Crippen LogP contribution in [0.1, 0.15) is 12.5 Å². The van der Waals surface area contributed by atoms with Gasteiger partial charge in [0.15, 0.2) is 0 Å². The molecule has 3 nitrogen and oxygen atoms in total. The van der Waals surface area contributed by atoms with Gasteiger partial charge >= 0.3 is 6.18 Å². The van der Waals surface area contributed by atoms with Crippen molar-refractivity contribution < 1.29 is 13.2 Å². The number of alkyl halides is 3. The van der Waals surface area contributed by atoms with E-state index >= 15 is 0 Å². The number of halogens is 4. The molecule has 0 spiro atoms. The summed E-state index contributed by atoms with van der Waals surface area (Å²) >= 11 is 5.76. The third-order valence-corrected chi connectivity index (χ3v) is 3.04. The number of hydrogen-bond acceptors (Lipinski definition) is 2. The third-order valence-electron chi connectivity index (χ3n) is 2.73. The fraction of sp³-hybridized carbons (Fsp3) is 0.250. The van der Waals surface area contributed by atoms with Crippen molar-refractivity contribution in [3.05, 3.63) is 35.1 Å². The number of nitrogen functional groups attached to an aromatic ring is 1. The van der Waals surface area contributed by atoms with Gasteiger partial charge in [-0.1, -0.05) is 11.6 Å². The highest BCUT2D eigenvalue weighted by molar-refractivity contribution is 6.33. The monoisotopic (exact) mass is 289 g/mol. The predicted molar refractivity (Wildman–Crippen MR) is 67.8 cm³/mol. The number of nitrogens with zero attached hydrogens (tertiary/aromatic N) is 2. The standard InChI is InChI=1S/C12H11ClF3N3/c1-2-19-6-8(5-18-19)7-3-9(12(14,15)16)11(17)10(13)4-7/h3-6H,2,17H2,1H3. The Morgan fingerprint density at radius 3 is 2.53 bits per heavy atom. The summed E-state index contributed by atoms with van der Waals surface area (Å²) in [6.45, 7) is 2.52. The molecule has 0 saturated carbocycles. The molecule has 2 N–H and O–H groups in total. The van der Waals surface area contributed by atoms with Crippen LogP contribution < -0.4 is 5.73 Å². The average Bonchev–Trinajstić information content (AvgIpc) is 2.79. The van der Waals surface area contributed by atoms with Crippen molar-refractivity contribution in [1.29, 1.82) is 0 Å². The van der Waals surface area contributed by atoms with Crippen molar-refractivity contribution in [2.75, 3.05) is 5.73 Å². The van der Waals surface area contributed by atoms with E-state index in [0.29, 0.717) is 17.7 Å². The average molecular weight is 290 g/mol. The number of benzene rings is 1. The van der Waals surface area contributed by atoms with E-state index in [1.165, 1.54) is 12.3 Å². The first-order valence-electron chi connectivity index (χ1n) is 5.52. The van der Waals surface area contributed by atoms with Gasteiger partial charge < -0.3 is 5.73 Å². The Morgan fingerprint density at radius 1 is 1.32 bits per heavy atom. The van der Waals surface area contributed by atoms with Gasteiger partial charge in [-0.3, -0.25) is 4.68 Å². The van der Waals surface area contributed by atoms with E-state index in [1.807, 2.05) is 6.92 Å². The maximum Gasteiger partial charge on any atom is 0.418 e. The Hall–Kier alpha value is -1.69. The highest BCUT2D eigenvalue weighted by atomic mass is 35.5. The van der Waals surface area contributed by atoms with Gasteiger partial charge in [0.1, 0.15) is 0 Å². The smallest absolute Gasteiger partial charge is 0.397 e. The molecule has 1 aromatic carbocycles. The molecular weight excluding hydrogens is 279 g/mol. The number of hydrogen-bond donors (Lipinski definition) is 1. The van der Waals surface area contributed by atoms with Crippen LogP contribution in [0, 0.1) is 0 Å². The highest BCUT2D eigenvalue weighted by Crippen LogP contribution is 2.39. The van der Waals surface area contributed by atoms with Crippen LogP contribution in [0.25, 0.3) is 11.1 Å². The van der Waals surface area contributed by atoms with Crippen LogP contribution in [0.3, 0.4) is 0 Å². The molecular formula is C12H11ClF3N3. The first-order chi connectivity index (χ1) is 8.82. The summed E-state index contributed by atoms with van der Waals surface area (Å²) in [4.78, 5) is 0. The molecule has 0 aliphatic heterocycles. The summed E-state index contributed by atoms with van der Waals surface area (Å²) in [5.41, 5.74) is 4.89. The van der Waals surface area contributed by atoms with Crippen molar-refractivity contribution in [1.82, 2.24) is 9.78 Å². The van der Waals surface area contributed by atoms with Crippen LogP contribution in [0.5, 0.6) is 0 Å². The SMILES string of the molecule is CCn1cc(-c2cc(Cl)c(N)c(C(F)(F)F)c2)cn1. The molecule has 7 heteroatoms. The summed E-state index contributed by atoms with van der Waals surface area (Å²) in [5, 5.41) is 3.90. The van der Waals surface area contributed by atoms with E-state index in [0.717, 1.165) is 6.07 Å². The van der Waals surface area contributed by atoms with Crippen molar-refractivity contribution >= 4 is 17.3 Å². The second kappa shape index (κ2) is 4.77. The van der Waals surface area contributed by atoms with Gasteiger partial charge in [0.2, 0.25) is 0 Å². The van der Waals surface area contributed by atoms with E-state index in [1.54, 1.807) is 10.9 Å². The molecule has 102 valence electrons. The zero-order chi connectivity index (χ0) is 14.2. The van der Waals surface area contributed by atoms with Gasteiger partial charge in [-0.2, -0.15) is 18.3 Å². The van der Waals surface area contributed by atoms with Crippen molar-refractivity contribution in [2.24, 2.45) is 0 Å². The molecule has 0 bridgehead atoms. The van der Waals surface area contributed by atoms with Gasteiger partial charge in [0.25, 0.3) is 0 Å². The summed E-state index contributed by atoms with van der Waals surface area (Å²) < 4.78 is 40.1. The number of aromatic nitrogens is 2. The normalized spacial score (nSPS) is 11.8. The zero-order valence-electron chi connectivity index (χ0n) is 10.0. The lowest BCUT2D eigenvalue weighted by atomic mass is 10.0. The zero-order valence-corrected chi connectivity index (χ0v) is 10.8. The molecule has 0 radical (unpaired) electrons. The molecule has 0 saturated heterocycles. The number of aryl methyl sites for hydroxylation is 1. The highest BCUT2D eigenvalue weighted by Gasteiger charge is 2.34. The van der Waals surface area contributed by atoms with E-state index < -0.39 is 17.4 Å².